The summed E-state index contributed by atoms with van der Waals surface area (Å²) in [5.74, 6) is 0.280. The van der Waals surface area contributed by atoms with Gasteiger partial charge in [0.25, 0.3) is 0 Å². The van der Waals surface area contributed by atoms with Gasteiger partial charge in [-0.2, -0.15) is 0 Å². The summed E-state index contributed by atoms with van der Waals surface area (Å²) in [6, 6.07) is 0. The number of thioether (sulfide) groups is 1. The molecule has 1 saturated heterocycles. The predicted molar refractivity (Wildman–Crippen MR) is 49.0 cm³/mol. The predicted octanol–water partition coefficient (Wildman–Crippen LogP) is -0.0258. The van der Waals surface area contributed by atoms with Crippen LogP contribution in [0, 0.1) is 0 Å². The van der Waals surface area contributed by atoms with E-state index in [0.717, 1.165) is 10.7 Å². The second kappa shape index (κ2) is 6.69. The van der Waals surface area contributed by atoms with Gasteiger partial charge in [-0.1, -0.05) is 13.5 Å². The molecule has 1 unspecified atom stereocenters. The third kappa shape index (κ3) is 3.14. The van der Waals surface area contributed by atoms with Crippen LogP contribution in [0.5, 0.6) is 0 Å². The molecule has 1 fully saturated rings. The Bertz CT molecular complexity index is 247. The maximum absolute atomic E-state index is 11.4. The van der Waals surface area contributed by atoms with Crippen molar-refractivity contribution in [2.45, 2.75) is 18.6 Å². The largest absolute Gasteiger partial charge is 0.540 e. The van der Waals surface area contributed by atoms with Gasteiger partial charge in [0.2, 0.25) is 11.8 Å². The van der Waals surface area contributed by atoms with Crippen LogP contribution in [0.15, 0.2) is 0 Å². The van der Waals surface area contributed by atoms with Gasteiger partial charge < -0.3 is 9.69 Å². The minimum Gasteiger partial charge on any atom is -0.540 e. The molecule has 14 heavy (non-hydrogen) atoms. The molecular weight excluding hydrogens is 279 g/mol. The van der Waals surface area contributed by atoms with Crippen molar-refractivity contribution < 1.29 is 47.1 Å². The summed E-state index contributed by atoms with van der Waals surface area (Å²) in [6.07, 6.45) is 1.78. The van der Waals surface area contributed by atoms with Crippen molar-refractivity contribution in [2.24, 2.45) is 0 Å². The molecule has 1 aliphatic rings. The van der Waals surface area contributed by atoms with E-state index in [1.54, 1.807) is 6.29 Å². The Hall–Kier alpha value is 0.264. The SMILES string of the molecule is CCSC1CC(=O)N(C[C-]=O)C1=O.[Y]. The molecule has 1 aliphatic heterocycles. The van der Waals surface area contributed by atoms with Crippen molar-refractivity contribution in [3.05, 3.63) is 0 Å². The maximum Gasteiger partial charge on any atom is 0.240 e. The normalized spacial score (nSPS) is 20.9. The van der Waals surface area contributed by atoms with E-state index in [0.29, 0.717) is 0 Å². The summed E-state index contributed by atoms with van der Waals surface area (Å²) in [5.41, 5.74) is 0. The van der Waals surface area contributed by atoms with E-state index >= 15 is 0 Å². The molecule has 0 bridgehead atoms. The number of carbonyl (C=O) groups is 2. The Morgan fingerprint density at radius 1 is 1.57 bits per heavy atom. The smallest absolute Gasteiger partial charge is 0.240 e. The molecule has 1 radical (unpaired) electrons. The first-order chi connectivity index (χ1) is 6.20. The van der Waals surface area contributed by atoms with Gasteiger partial charge in [0.15, 0.2) is 0 Å². The molecule has 2 amide bonds. The van der Waals surface area contributed by atoms with E-state index in [-0.39, 0.29) is 62.7 Å². The molecule has 0 N–H and O–H groups in total. The molecule has 0 aromatic rings. The van der Waals surface area contributed by atoms with Crippen molar-refractivity contribution in [1.82, 2.24) is 4.90 Å². The molecule has 1 atom stereocenters. The fourth-order valence-electron chi connectivity index (χ4n) is 1.21. The van der Waals surface area contributed by atoms with E-state index in [1.165, 1.54) is 11.8 Å². The second-order valence-corrected chi connectivity index (χ2v) is 4.09. The van der Waals surface area contributed by atoms with Gasteiger partial charge >= 0.3 is 0 Å². The van der Waals surface area contributed by atoms with Crippen LogP contribution >= 0.6 is 11.8 Å². The molecule has 0 aliphatic carbocycles. The van der Waals surface area contributed by atoms with Crippen LogP contribution in [0.25, 0.3) is 0 Å². The van der Waals surface area contributed by atoms with Crippen molar-refractivity contribution in [3.63, 3.8) is 0 Å². The molecule has 0 spiro atoms. The third-order valence-electron chi connectivity index (χ3n) is 1.79. The fourth-order valence-corrected chi connectivity index (χ4v) is 2.15. The van der Waals surface area contributed by atoms with Crippen molar-refractivity contribution >= 4 is 29.9 Å². The zero-order chi connectivity index (χ0) is 9.84. The standard InChI is InChI=1S/C8H10NO3S.Y/c1-2-13-6-5-7(11)9(3-4-10)8(6)12;/h6H,2-3,5H2,1H3;/q-1;. The molecular formula is C8H10NO3SY-. The van der Waals surface area contributed by atoms with Crippen molar-refractivity contribution in [3.8, 4) is 0 Å². The van der Waals surface area contributed by atoms with Crippen LogP contribution < -0.4 is 0 Å². The molecule has 6 heteroatoms. The van der Waals surface area contributed by atoms with Crippen LogP contribution in [0.2, 0.25) is 0 Å². The third-order valence-corrected chi connectivity index (χ3v) is 2.90. The van der Waals surface area contributed by atoms with Crippen molar-refractivity contribution in [2.75, 3.05) is 12.3 Å². The summed E-state index contributed by atoms with van der Waals surface area (Å²) >= 11 is 1.44. The van der Waals surface area contributed by atoms with Crippen LogP contribution in [0.1, 0.15) is 13.3 Å². The Kier molecular flexibility index (Phi) is 6.82. The van der Waals surface area contributed by atoms with E-state index in [2.05, 4.69) is 0 Å². The number of likely N-dealkylation sites (tertiary alicyclic amines) is 1. The number of hydrogen-bond acceptors (Lipinski definition) is 4. The van der Waals surface area contributed by atoms with E-state index in [1.807, 2.05) is 6.92 Å². The zero-order valence-electron chi connectivity index (χ0n) is 7.86. The van der Waals surface area contributed by atoms with Crippen molar-refractivity contribution in [1.29, 1.82) is 0 Å². The first kappa shape index (κ1) is 14.3. The Labute approximate surface area is 112 Å². The monoisotopic (exact) mass is 289 g/mol. The van der Waals surface area contributed by atoms with Gasteiger partial charge in [-0.05, 0) is 5.75 Å². The van der Waals surface area contributed by atoms with Gasteiger partial charge in [0.1, 0.15) is 0 Å². The average Bonchev–Trinajstić information content (AvgIpc) is 2.34. The van der Waals surface area contributed by atoms with Gasteiger partial charge in [-0.15, -0.1) is 11.8 Å². The summed E-state index contributed by atoms with van der Waals surface area (Å²) in [5, 5.41) is -0.286. The van der Waals surface area contributed by atoms with Gasteiger partial charge in [-0.3, -0.25) is 9.59 Å². The number of hydrogen-bond donors (Lipinski definition) is 0. The molecule has 1 rings (SSSR count). The van der Waals surface area contributed by atoms with E-state index < -0.39 is 0 Å². The second-order valence-electron chi connectivity index (χ2n) is 2.61. The summed E-state index contributed by atoms with van der Waals surface area (Å²) in [4.78, 5) is 33.6. The van der Waals surface area contributed by atoms with E-state index in [9.17, 15) is 14.4 Å². The molecule has 1 heterocycles. The quantitative estimate of drug-likeness (QED) is 0.539. The molecule has 0 aromatic carbocycles. The average molecular weight is 289 g/mol. The molecule has 0 saturated carbocycles. The van der Waals surface area contributed by atoms with Gasteiger partial charge in [-0.25, -0.2) is 6.29 Å². The van der Waals surface area contributed by atoms with Crippen LogP contribution in [0.3, 0.4) is 0 Å². The van der Waals surface area contributed by atoms with Crippen LogP contribution in [0.4, 0.5) is 0 Å². The molecule has 75 valence electrons. The number of nitrogens with zero attached hydrogens (tertiary/aromatic N) is 1. The number of carbonyl (C=O) groups excluding carboxylic acids is 3. The summed E-state index contributed by atoms with van der Waals surface area (Å²) in [7, 11) is 0. The van der Waals surface area contributed by atoms with E-state index in [4.69, 9.17) is 0 Å². The fraction of sp³-hybridized carbons (Fsp3) is 0.625. The molecule has 4 nitrogen and oxygen atoms in total. The minimum atomic E-state index is -0.286. The van der Waals surface area contributed by atoms with Gasteiger partial charge in [0.05, 0.1) is 5.25 Å². The summed E-state index contributed by atoms with van der Waals surface area (Å²) < 4.78 is 0. The Morgan fingerprint density at radius 2 is 2.21 bits per heavy atom. The molecule has 0 aromatic heterocycles. The Balaban J connectivity index is 0.00000169. The van der Waals surface area contributed by atoms with Crippen LogP contribution in [-0.2, 0) is 47.1 Å². The zero-order valence-corrected chi connectivity index (χ0v) is 11.5. The maximum atomic E-state index is 11.4. The van der Waals surface area contributed by atoms with Gasteiger partial charge in [0, 0.05) is 39.1 Å². The number of imide groups is 1. The first-order valence-corrected chi connectivity index (χ1v) is 5.06. The van der Waals surface area contributed by atoms with Crippen LogP contribution in [-0.4, -0.2) is 40.5 Å². The first-order valence-electron chi connectivity index (χ1n) is 4.01. The minimum absolute atomic E-state index is 0. The summed E-state index contributed by atoms with van der Waals surface area (Å²) in [6.45, 7) is 1.70. The Morgan fingerprint density at radius 3 is 2.71 bits per heavy atom. The number of amides is 2. The topological polar surface area (TPSA) is 54.5 Å². The number of rotatable bonds is 4.